The largest absolute Gasteiger partial charge is 0.380 e. The first-order chi connectivity index (χ1) is 10.7. The average Bonchev–Trinajstić information content (AvgIpc) is 2.79. The lowest BCUT2D eigenvalue weighted by Gasteiger charge is -2.12. The Morgan fingerprint density at radius 1 is 1.35 bits per heavy atom. The molecule has 1 aromatic carbocycles. The Bertz CT molecular complexity index is 927. The number of halogens is 1. The smallest absolute Gasteiger partial charge is 0.277 e. The Balaban J connectivity index is 2.66. The zero-order valence-corrected chi connectivity index (χ0v) is 14.3. The van der Waals surface area contributed by atoms with E-state index in [0.717, 1.165) is 10.9 Å². The highest BCUT2D eigenvalue weighted by Gasteiger charge is 2.24. The van der Waals surface area contributed by atoms with Gasteiger partial charge in [0, 0.05) is 37.7 Å². The van der Waals surface area contributed by atoms with Crippen molar-refractivity contribution in [3.05, 3.63) is 50.4 Å². The molecule has 0 saturated heterocycles. The molecule has 2 aromatic rings. The number of benzene rings is 1. The van der Waals surface area contributed by atoms with Crippen molar-refractivity contribution in [2.75, 3.05) is 13.4 Å². The minimum atomic E-state index is -3.54. The number of nitrogens with one attached hydrogen (secondary N) is 1. The highest BCUT2D eigenvalue weighted by Crippen LogP contribution is 2.29. The molecule has 0 aliphatic rings. The summed E-state index contributed by atoms with van der Waals surface area (Å²) in [7, 11) is -0.673. The van der Waals surface area contributed by atoms with Crippen molar-refractivity contribution in [2.45, 2.75) is 11.5 Å². The summed E-state index contributed by atoms with van der Waals surface area (Å²) < 4.78 is 29.8. The second-order valence-electron chi connectivity index (χ2n) is 4.99. The van der Waals surface area contributed by atoms with Gasteiger partial charge in [0.1, 0.15) is 5.56 Å². The van der Waals surface area contributed by atoms with Gasteiger partial charge in [-0.1, -0.05) is 11.6 Å². The summed E-state index contributed by atoms with van der Waals surface area (Å²) in [6.07, 6.45) is 2.32. The normalized spacial score (nSPS) is 11.7. The van der Waals surface area contributed by atoms with Gasteiger partial charge in [0.05, 0.1) is 16.5 Å². The van der Waals surface area contributed by atoms with E-state index in [4.69, 9.17) is 16.3 Å². The number of aromatic nitrogens is 2. The summed E-state index contributed by atoms with van der Waals surface area (Å²) in [5.74, 6) is -0.589. The Morgan fingerprint density at radius 3 is 2.48 bits per heavy atom. The number of hydrogen-bond acceptors (Lipinski definition) is 5. The number of rotatable bonds is 5. The van der Waals surface area contributed by atoms with Crippen molar-refractivity contribution in [3.63, 3.8) is 0 Å². The molecule has 0 spiro atoms. The first-order valence-electron chi connectivity index (χ1n) is 6.48. The Labute approximate surface area is 137 Å². The molecule has 0 unspecified atom stereocenters. The van der Waals surface area contributed by atoms with E-state index in [1.165, 1.54) is 32.5 Å². The topological polar surface area (TPSA) is 98.2 Å². The fourth-order valence-corrected chi connectivity index (χ4v) is 3.46. The quantitative estimate of drug-likeness (QED) is 0.808. The van der Waals surface area contributed by atoms with E-state index in [2.05, 4.69) is 5.10 Å². The summed E-state index contributed by atoms with van der Waals surface area (Å²) in [6.45, 7) is -0.0759. The maximum atomic E-state index is 12.5. The lowest BCUT2D eigenvalue weighted by Crippen LogP contribution is -2.20. The number of aromatic amines is 1. The number of aryl methyl sites for hydroxylation is 1. The van der Waals surface area contributed by atoms with Crippen LogP contribution in [0.25, 0.3) is 0 Å². The van der Waals surface area contributed by atoms with Crippen LogP contribution >= 0.6 is 11.6 Å². The number of ether oxygens (including phenoxy) is 1. The molecule has 0 aliphatic carbocycles. The van der Waals surface area contributed by atoms with E-state index in [-0.39, 0.29) is 33.2 Å². The molecule has 0 atom stereocenters. The van der Waals surface area contributed by atoms with Gasteiger partial charge in [-0.25, -0.2) is 8.42 Å². The number of H-pyrrole nitrogens is 1. The van der Waals surface area contributed by atoms with Gasteiger partial charge in [0.15, 0.2) is 9.84 Å². The third-order valence-corrected chi connectivity index (χ3v) is 4.93. The van der Waals surface area contributed by atoms with Gasteiger partial charge in [-0.3, -0.25) is 14.3 Å². The van der Waals surface area contributed by atoms with Crippen LogP contribution in [0, 0.1) is 0 Å². The molecule has 0 bridgehead atoms. The number of methoxy groups -OCH3 is 1. The van der Waals surface area contributed by atoms with Gasteiger partial charge >= 0.3 is 0 Å². The predicted octanol–water partition coefficient (Wildman–Crippen LogP) is 1.15. The fourth-order valence-electron chi connectivity index (χ4n) is 2.18. The standard InChI is InChI=1S/C14H15ClN2O5S/c1-17-14(19)9(6-16-17)13(18)8-4-5-11(23(3,20)21)10(7-22-2)12(8)15/h4-6,16H,7H2,1-3H3. The maximum absolute atomic E-state index is 12.5. The average molecular weight is 359 g/mol. The van der Waals surface area contributed by atoms with E-state index in [1.54, 1.807) is 0 Å². The molecule has 124 valence electrons. The van der Waals surface area contributed by atoms with E-state index >= 15 is 0 Å². The van der Waals surface area contributed by atoms with Crippen LogP contribution in [0.15, 0.2) is 28.0 Å². The highest BCUT2D eigenvalue weighted by molar-refractivity contribution is 7.90. The number of carbonyl (C=O) groups is 1. The van der Waals surface area contributed by atoms with Crippen molar-refractivity contribution in [2.24, 2.45) is 7.05 Å². The third-order valence-electron chi connectivity index (χ3n) is 3.32. The minimum Gasteiger partial charge on any atom is -0.380 e. The minimum absolute atomic E-state index is 0.0112. The van der Waals surface area contributed by atoms with Crippen LogP contribution in [0.2, 0.25) is 5.02 Å². The zero-order valence-electron chi connectivity index (χ0n) is 12.7. The molecular formula is C14H15ClN2O5S. The third kappa shape index (κ3) is 3.24. The Morgan fingerprint density at radius 2 is 2.00 bits per heavy atom. The second kappa shape index (κ2) is 6.31. The molecule has 0 amide bonds. The molecule has 0 fully saturated rings. The maximum Gasteiger partial charge on any atom is 0.277 e. The molecule has 2 rings (SSSR count). The van der Waals surface area contributed by atoms with Crippen LogP contribution in [0.5, 0.6) is 0 Å². The first-order valence-corrected chi connectivity index (χ1v) is 8.75. The molecule has 1 aromatic heterocycles. The second-order valence-corrected chi connectivity index (χ2v) is 7.35. The van der Waals surface area contributed by atoms with Crippen molar-refractivity contribution in [3.8, 4) is 0 Å². The Hall–Kier alpha value is -1.90. The van der Waals surface area contributed by atoms with Gasteiger partial charge in [-0.2, -0.15) is 0 Å². The van der Waals surface area contributed by atoms with Crippen LogP contribution in [0.4, 0.5) is 0 Å². The lowest BCUT2D eigenvalue weighted by molar-refractivity contribution is 0.103. The van der Waals surface area contributed by atoms with E-state index in [9.17, 15) is 18.0 Å². The molecule has 1 heterocycles. The van der Waals surface area contributed by atoms with E-state index in [0.29, 0.717) is 0 Å². The molecule has 0 aliphatic heterocycles. The van der Waals surface area contributed by atoms with Crippen LogP contribution in [-0.4, -0.2) is 37.3 Å². The van der Waals surface area contributed by atoms with Gasteiger partial charge in [0.25, 0.3) is 5.56 Å². The highest BCUT2D eigenvalue weighted by atomic mass is 35.5. The van der Waals surface area contributed by atoms with Crippen molar-refractivity contribution in [1.29, 1.82) is 0 Å². The molecular weight excluding hydrogens is 344 g/mol. The lowest BCUT2D eigenvalue weighted by atomic mass is 10.0. The molecule has 0 radical (unpaired) electrons. The molecule has 0 saturated carbocycles. The van der Waals surface area contributed by atoms with Crippen molar-refractivity contribution >= 4 is 27.2 Å². The predicted molar refractivity (Wildman–Crippen MR) is 84.7 cm³/mol. The van der Waals surface area contributed by atoms with Crippen LogP contribution in [-0.2, 0) is 28.2 Å². The van der Waals surface area contributed by atoms with Crippen LogP contribution < -0.4 is 5.56 Å². The van der Waals surface area contributed by atoms with Crippen LogP contribution in [0.1, 0.15) is 21.5 Å². The number of sulfone groups is 1. The first kappa shape index (κ1) is 17.5. The molecule has 1 N–H and O–H groups in total. The van der Waals surface area contributed by atoms with Crippen LogP contribution in [0.3, 0.4) is 0 Å². The van der Waals surface area contributed by atoms with Gasteiger partial charge in [-0.15, -0.1) is 0 Å². The van der Waals surface area contributed by atoms with E-state index in [1.807, 2.05) is 0 Å². The summed E-state index contributed by atoms with van der Waals surface area (Å²) in [6, 6.07) is 2.59. The van der Waals surface area contributed by atoms with Crippen molar-refractivity contribution in [1.82, 2.24) is 9.78 Å². The SMILES string of the molecule is COCc1c(S(C)(=O)=O)ccc(C(=O)c2c[nH]n(C)c2=O)c1Cl. The summed E-state index contributed by atoms with van der Waals surface area (Å²) in [4.78, 5) is 24.4. The monoisotopic (exact) mass is 358 g/mol. The van der Waals surface area contributed by atoms with Gasteiger partial charge in [-0.05, 0) is 12.1 Å². The number of ketones is 1. The van der Waals surface area contributed by atoms with E-state index < -0.39 is 21.2 Å². The fraction of sp³-hybridized carbons (Fsp3) is 0.286. The van der Waals surface area contributed by atoms with Gasteiger partial charge in [0.2, 0.25) is 5.78 Å². The molecule has 23 heavy (non-hydrogen) atoms. The van der Waals surface area contributed by atoms with Crippen molar-refractivity contribution < 1.29 is 17.9 Å². The zero-order chi connectivity index (χ0) is 17.4. The number of hydrogen-bond donors (Lipinski definition) is 1. The summed E-state index contributed by atoms with van der Waals surface area (Å²) >= 11 is 6.22. The summed E-state index contributed by atoms with van der Waals surface area (Å²) in [5.41, 5.74) is -0.339. The molecule has 7 nitrogen and oxygen atoms in total. The summed E-state index contributed by atoms with van der Waals surface area (Å²) in [5, 5.41) is 2.56. The Kier molecular flexibility index (Phi) is 4.79. The molecule has 9 heteroatoms. The van der Waals surface area contributed by atoms with Gasteiger partial charge < -0.3 is 9.84 Å². The number of carbonyl (C=O) groups excluding carboxylic acids is 1. The number of nitrogens with zero attached hydrogens (tertiary/aromatic N) is 1.